The zero-order valence-electron chi connectivity index (χ0n) is 17.9. The third kappa shape index (κ3) is 5.69. The summed E-state index contributed by atoms with van der Waals surface area (Å²) >= 11 is 0. The summed E-state index contributed by atoms with van der Waals surface area (Å²) in [4.78, 5) is 9.36. The number of morpholine rings is 1. The smallest absolute Gasteiger partial charge is 0.193 e. The van der Waals surface area contributed by atoms with E-state index in [1.54, 1.807) is 7.11 Å². The Balaban J connectivity index is 1.58. The molecule has 6 nitrogen and oxygen atoms in total. The minimum absolute atomic E-state index is 0.295. The van der Waals surface area contributed by atoms with Gasteiger partial charge in [0.25, 0.3) is 0 Å². The predicted octanol–water partition coefficient (Wildman–Crippen LogP) is 2.34. The fraction of sp³-hybridized carbons (Fsp3) is 0.682. The summed E-state index contributed by atoms with van der Waals surface area (Å²) in [6.45, 7) is 10.9. The largest absolute Gasteiger partial charge is 0.384 e. The lowest BCUT2D eigenvalue weighted by molar-refractivity contribution is -0.0705. The molecule has 2 fully saturated rings. The van der Waals surface area contributed by atoms with E-state index in [2.05, 4.69) is 58.2 Å². The molecule has 3 rings (SSSR count). The van der Waals surface area contributed by atoms with Gasteiger partial charge in [0.2, 0.25) is 0 Å². The molecule has 0 spiro atoms. The van der Waals surface area contributed by atoms with Crippen LogP contribution in [0.25, 0.3) is 0 Å². The fourth-order valence-corrected chi connectivity index (χ4v) is 4.44. The molecule has 0 saturated carbocycles. The molecular weight excluding hydrogens is 352 g/mol. The van der Waals surface area contributed by atoms with Crippen molar-refractivity contribution in [3.8, 4) is 0 Å². The summed E-state index contributed by atoms with van der Waals surface area (Å²) in [5.41, 5.74) is 2.72. The Labute approximate surface area is 169 Å². The van der Waals surface area contributed by atoms with Crippen molar-refractivity contribution in [2.45, 2.75) is 45.6 Å². The molecule has 3 unspecified atom stereocenters. The molecule has 2 aliphatic heterocycles. The predicted molar refractivity (Wildman–Crippen MR) is 113 cm³/mol. The number of nitrogens with zero attached hydrogens (tertiary/aromatic N) is 3. The van der Waals surface area contributed by atoms with Gasteiger partial charge < -0.3 is 19.7 Å². The lowest BCUT2D eigenvalue weighted by atomic mass is 10.1. The Morgan fingerprint density at radius 1 is 1.18 bits per heavy atom. The molecule has 0 bridgehead atoms. The molecule has 0 aromatic heterocycles. The summed E-state index contributed by atoms with van der Waals surface area (Å²) in [5.74, 6) is 1.59. The first-order valence-electron chi connectivity index (χ1n) is 10.5. The van der Waals surface area contributed by atoms with Crippen LogP contribution in [0.5, 0.6) is 0 Å². The van der Waals surface area contributed by atoms with E-state index in [0.29, 0.717) is 18.1 Å². The zero-order valence-corrected chi connectivity index (χ0v) is 17.9. The van der Waals surface area contributed by atoms with E-state index in [0.717, 1.165) is 51.8 Å². The highest BCUT2D eigenvalue weighted by Crippen LogP contribution is 2.18. The van der Waals surface area contributed by atoms with E-state index in [1.165, 1.54) is 17.5 Å². The number of methoxy groups -OCH3 is 1. The monoisotopic (exact) mass is 388 g/mol. The normalized spacial score (nSPS) is 26.6. The van der Waals surface area contributed by atoms with Gasteiger partial charge >= 0.3 is 0 Å². The number of hydrogen-bond donors (Lipinski definition) is 1. The Morgan fingerprint density at radius 3 is 2.57 bits per heavy atom. The van der Waals surface area contributed by atoms with Gasteiger partial charge in [-0.1, -0.05) is 24.3 Å². The van der Waals surface area contributed by atoms with Gasteiger partial charge in [-0.15, -0.1) is 0 Å². The number of guanidine groups is 1. The average Bonchev–Trinajstić information content (AvgIpc) is 3.11. The van der Waals surface area contributed by atoms with Crippen molar-refractivity contribution in [3.63, 3.8) is 0 Å². The van der Waals surface area contributed by atoms with Crippen molar-refractivity contribution in [2.75, 3.05) is 46.9 Å². The highest BCUT2D eigenvalue weighted by Gasteiger charge is 2.25. The first-order valence-corrected chi connectivity index (χ1v) is 10.5. The second-order valence-electron chi connectivity index (χ2n) is 8.18. The molecule has 2 aliphatic rings. The molecule has 1 aromatic carbocycles. The third-order valence-corrected chi connectivity index (χ3v) is 5.64. The van der Waals surface area contributed by atoms with Crippen LogP contribution < -0.4 is 5.32 Å². The minimum atomic E-state index is 0.295. The summed E-state index contributed by atoms with van der Waals surface area (Å²) in [6, 6.07) is 8.73. The van der Waals surface area contributed by atoms with Crippen molar-refractivity contribution in [1.29, 1.82) is 0 Å². The van der Waals surface area contributed by atoms with Gasteiger partial charge in [0.1, 0.15) is 0 Å². The van der Waals surface area contributed by atoms with Crippen molar-refractivity contribution >= 4 is 5.96 Å². The van der Waals surface area contributed by atoms with Crippen molar-refractivity contribution in [1.82, 2.24) is 15.1 Å². The van der Waals surface area contributed by atoms with Crippen LogP contribution >= 0.6 is 0 Å². The van der Waals surface area contributed by atoms with Gasteiger partial charge in [0.15, 0.2) is 5.96 Å². The standard InChI is InChI=1S/C22H36N4O2/c1-17-12-25(13-18(2)28-17)15-21-8-6-5-7-20(21)11-24-22(23-3)26-10-9-19(14-26)16-27-4/h5-8,17-19H,9-16H2,1-4H3,(H,23,24). The molecule has 0 radical (unpaired) electrons. The van der Waals surface area contributed by atoms with Gasteiger partial charge in [-0.2, -0.15) is 0 Å². The van der Waals surface area contributed by atoms with Crippen molar-refractivity contribution in [3.05, 3.63) is 35.4 Å². The number of nitrogens with one attached hydrogen (secondary N) is 1. The number of likely N-dealkylation sites (tertiary alicyclic amines) is 1. The Bertz CT molecular complexity index is 641. The summed E-state index contributed by atoms with van der Waals surface area (Å²) in [6.07, 6.45) is 1.75. The maximum atomic E-state index is 5.88. The molecule has 3 atom stereocenters. The van der Waals surface area contributed by atoms with E-state index >= 15 is 0 Å². The first kappa shape index (κ1) is 21.1. The zero-order chi connectivity index (χ0) is 19.9. The van der Waals surface area contributed by atoms with E-state index in [1.807, 2.05) is 7.05 Å². The second-order valence-corrected chi connectivity index (χ2v) is 8.18. The van der Waals surface area contributed by atoms with Gasteiger partial charge in [0.05, 0.1) is 18.8 Å². The lowest BCUT2D eigenvalue weighted by Gasteiger charge is -2.35. The van der Waals surface area contributed by atoms with Crippen LogP contribution in [-0.4, -0.2) is 74.9 Å². The molecular formula is C22H36N4O2. The maximum absolute atomic E-state index is 5.88. The number of ether oxygens (including phenoxy) is 2. The van der Waals surface area contributed by atoms with Gasteiger partial charge in [0, 0.05) is 59.3 Å². The van der Waals surface area contributed by atoms with Crippen LogP contribution in [0.4, 0.5) is 0 Å². The van der Waals surface area contributed by atoms with E-state index in [4.69, 9.17) is 9.47 Å². The molecule has 1 aromatic rings. The quantitative estimate of drug-likeness (QED) is 0.599. The Hall–Kier alpha value is -1.63. The second kappa shape index (κ2) is 10.2. The molecule has 156 valence electrons. The number of hydrogen-bond acceptors (Lipinski definition) is 4. The fourth-order valence-electron chi connectivity index (χ4n) is 4.44. The van der Waals surface area contributed by atoms with E-state index in [-0.39, 0.29) is 0 Å². The molecule has 1 N–H and O–H groups in total. The average molecular weight is 389 g/mol. The Morgan fingerprint density at radius 2 is 1.89 bits per heavy atom. The number of benzene rings is 1. The molecule has 0 amide bonds. The van der Waals surface area contributed by atoms with Crippen LogP contribution in [0.15, 0.2) is 29.3 Å². The van der Waals surface area contributed by atoms with Crippen molar-refractivity contribution < 1.29 is 9.47 Å². The summed E-state index contributed by atoms with van der Waals surface area (Å²) in [5, 5.41) is 3.58. The van der Waals surface area contributed by atoms with Crippen LogP contribution in [-0.2, 0) is 22.6 Å². The Kier molecular flexibility index (Phi) is 7.71. The topological polar surface area (TPSA) is 49.3 Å². The van der Waals surface area contributed by atoms with Gasteiger partial charge in [-0.25, -0.2) is 0 Å². The number of rotatable bonds is 6. The molecule has 28 heavy (non-hydrogen) atoms. The molecule has 6 heteroatoms. The van der Waals surface area contributed by atoms with E-state index in [9.17, 15) is 0 Å². The first-order chi connectivity index (χ1) is 13.6. The third-order valence-electron chi connectivity index (χ3n) is 5.64. The van der Waals surface area contributed by atoms with Crippen LogP contribution in [0.2, 0.25) is 0 Å². The van der Waals surface area contributed by atoms with Gasteiger partial charge in [-0.3, -0.25) is 9.89 Å². The summed E-state index contributed by atoms with van der Waals surface area (Å²) < 4.78 is 11.2. The summed E-state index contributed by atoms with van der Waals surface area (Å²) in [7, 11) is 3.65. The van der Waals surface area contributed by atoms with E-state index < -0.39 is 0 Å². The SMILES string of the molecule is CN=C(NCc1ccccc1CN1CC(C)OC(C)C1)N1CCC(COC)C1. The molecule has 0 aliphatic carbocycles. The maximum Gasteiger partial charge on any atom is 0.193 e. The molecule has 2 saturated heterocycles. The van der Waals surface area contributed by atoms with Gasteiger partial charge in [-0.05, 0) is 31.4 Å². The van der Waals surface area contributed by atoms with Crippen LogP contribution in [0.3, 0.4) is 0 Å². The van der Waals surface area contributed by atoms with Crippen LogP contribution in [0, 0.1) is 5.92 Å². The molecule has 2 heterocycles. The lowest BCUT2D eigenvalue weighted by Crippen LogP contribution is -2.45. The highest BCUT2D eigenvalue weighted by molar-refractivity contribution is 5.80. The van der Waals surface area contributed by atoms with Crippen molar-refractivity contribution in [2.24, 2.45) is 10.9 Å². The highest BCUT2D eigenvalue weighted by atomic mass is 16.5. The van der Waals surface area contributed by atoms with Crippen LogP contribution in [0.1, 0.15) is 31.4 Å². The number of aliphatic imine (C=N–C) groups is 1. The minimum Gasteiger partial charge on any atom is -0.384 e.